The summed E-state index contributed by atoms with van der Waals surface area (Å²) in [5, 5.41) is 8.79. The van der Waals surface area contributed by atoms with Crippen LogP contribution in [0.1, 0.15) is 37.4 Å². The summed E-state index contributed by atoms with van der Waals surface area (Å²) in [5.41, 5.74) is 2.23. The Morgan fingerprint density at radius 3 is 2.83 bits per heavy atom. The van der Waals surface area contributed by atoms with Crippen LogP contribution in [0.15, 0.2) is 12.4 Å². The summed E-state index contributed by atoms with van der Waals surface area (Å²) in [6.07, 6.45) is 3.95. The lowest BCUT2D eigenvalue weighted by molar-refractivity contribution is 0.603. The van der Waals surface area contributed by atoms with Crippen molar-refractivity contribution in [3.05, 3.63) is 23.0 Å². The molecule has 0 spiro atoms. The highest BCUT2D eigenvalue weighted by atomic mass is 32.1. The van der Waals surface area contributed by atoms with Crippen molar-refractivity contribution in [1.82, 2.24) is 20.1 Å². The number of thiazole rings is 1. The van der Waals surface area contributed by atoms with E-state index in [0.29, 0.717) is 6.04 Å². The van der Waals surface area contributed by atoms with Gasteiger partial charge in [0.05, 0.1) is 11.9 Å². The van der Waals surface area contributed by atoms with Crippen LogP contribution in [0.4, 0.5) is 0 Å². The Bertz CT molecular complexity index is 515. The lowest BCUT2D eigenvalue weighted by Crippen LogP contribution is -2.17. The van der Waals surface area contributed by atoms with Crippen LogP contribution >= 0.6 is 11.3 Å². The molecule has 98 valence electrons. The molecule has 0 saturated carbocycles. The minimum atomic E-state index is 0.363. The van der Waals surface area contributed by atoms with E-state index >= 15 is 0 Å². The van der Waals surface area contributed by atoms with Crippen molar-refractivity contribution in [2.24, 2.45) is 0 Å². The molecule has 2 heterocycles. The molecular formula is C13H20N4S. The fourth-order valence-electron chi connectivity index (χ4n) is 1.98. The summed E-state index contributed by atoms with van der Waals surface area (Å²) in [7, 11) is 0. The van der Waals surface area contributed by atoms with E-state index < -0.39 is 0 Å². The van der Waals surface area contributed by atoms with Gasteiger partial charge in [-0.15, -0.1) is 11.3 Å². The first-order valence-electron chi connectivity index (χ1n) is 6.39. The molecule has 1 atom stereocenters. The molecule has 0 saturated heterocycles. The second kappa shape index (κ2) is 5.63. The summed E-state index contributed by atoms with van der Waals surface area (Å²) >= 11 is 1.76. The summed E-state index contributed by atoms with van der Waals surface area (Å²) in [6.45, 7) is 10.3. The van der Waals surface area contributed by atoms with Crippen LogP contribution in [0.5, 0.6) is 0 Å². The normalized spacial score (nSPS) is 12.9. The second-order valence-corrected chi connectivity index (χ2v) is 5.36. The van der Waals surface area contributed by atoms with Gasteiger partial charge < -0.3 is 5.32 Å². The zero-order chi connectivity index (χ0) is 13.1. The van der Waals surface area contributed by atoms with Gasteiger partial charge in [-0.3, -0.25) is 4.68 Å². The molecule has 0 bridgehead atoms. The fourth-order valence-corrected chi connectivity index (χ4v) is 3.05. The molecule has 0 aliphatic carbocycles. The third kappa shape index (κ3) is 2.62. The maximum atomic E-state index is 4.66. The molecule has 18 heavy (non-hydrogen) atoms. The van der Waals surface area contributed by atoms with E-state index in [1.165, 1.54) is 4.88 Å². The Morgan fingerprint density at radius 1 is 1.44 bits per heavy atom. The molecule has 0 aliphatic rings. The molecule has 0 fully saturated rings. The standard InChI is InChI=1S/C13H20N4S/c1-5-14-9(3)12-10(4)16-13(18-12)11-7-15-17(6-2)8-11/h7-9,14H,5-6H2,1-4H3. The highest BCUT2D eigenvalue weighted by Gasteiger charge is 2.15. The Morgan fingerprint density at radius 2 is 2.22 bits per heavy atom. The molecular weight excluding hydrogens is 244 g/mol. The van der Waals surface area contributed by atoms with Crippen molar-refractivity contribution >= 4 is 11.3 Å². The Hall–Kier alpha value is -1.20. The van der Waals surface area contributed by atoms with E-state index in [4.69, 9.17) is 0 Å². The molecule has 1 N–H and O–H groups in total. The van der Waals surface area contributed by atoms with Crippen molar-refractivity contribution in [2.75, 3.05) is 6.54 Å². The number of nitrogens with zero attached hydrogens (tertiary/aromatic N) is 3. The highest BCUT2D eigenvalue weighted by molar-refractivity contribution is 7.15. The van der Waals surface area contributed by atoms with E-state index in [1.54, 1.807) is 11.3 Å². The zero-order valence-electron chi connectivity index (χ0n) is 11.4. The van der Waals surface area contributed by atoms with Gasteiger partial charge in [-0.1, -0.05) is 6.92 Å². The van der Waals surface area contributed by atoms with Gasteiger partial charge in [0.25, 0.3) is 0 Å². The molecule has 2 rings (SSSR count). The fraction of sp³-hybridized carbons (Fsp3) is 0.538. The number of rotatable bonds is 5. The largest absolute Gasteiger partial charge is 0.310 e. The van der Waals surface area contributed by atoms with Gasteiger partial charge in [0.15, 0.2) is 0 Å². The monoisotopic (exact) mass is 264 g/mol. The molecule has 2 aromatic rings. The van der Waals surface area contributed by atoms with E-state index in [2.05, 4.69) is 49.3 Å². The van der Waals surface area contributed by atoms with Crippen LogP contribution < -0.4 is 5.32 Å². The van der Waals surface area contributed by atoms with E-state index in [9.17, 15) is 0 Å². The van der Waals surface area contributed by atoms with Crippen LogP contribution in [-0.4, -0.2) is 21.3 Å². The second-order valence-electron chi connectivity index (χ2n) is 4.33. The first kappa shape index (κ1) is 13.2. The summed E-state index contributed by atoms with van der Waals surface area (Å²) in [5.74, 6) is 0. The Kier molecular flexibility index (Phi) is 4.14. The molecule has 2 aromatic heterocycles. The maximum absolute atomic E-state index is 4.66. The molecule has 5 heteroatoms. The van der Waals surface area contributed by atoms with E-state index in [0.717, 1.165) is 29.4 Å². The minimum Gasteiger partial charge on any atom is -0.310 e. The van der Waals surface area contributed by atoms with E-state index in [1.807, 2.05) is 10.9 Å². The Labute approximate surface area is 112 Å². The highest BCUT2D eigenvalue weighted by Crippen LogP contribution is 2.31. The first-order chi connectivity index (χ1) is 8.65. The molecule has 1 unspecified atom stereocenters. The first-order valence-corrected chi connectivity index (χ1v) is 7.20. The third-order valence-electron chi connectivity index (χ3n) is 2.94. The van der Waals surface area contributed by atoms with Crippen molar-refractivity contribution in [3.63, 3.8) is 0 Å². The maximum Gasteiger partial charge on any atom is 0.127 e. The van der Waals surface area contributed by atoms with Crippen LogP contribution in [-0.2, 0) is 6.54 Å². The SMILES string of the molecule is CCNC(C)c1sc(-c2cnn(CC)c2)nc1C. The molecule has 0 amide bonds. The van der Waals surface area contributed by atoms with Gasteiger partial charge in [0, 0.05) is 29.2 Å². The summed E-state index contributed by atoms with van der Waals surface area (Å²) in [6, 6.07) is 0.363. The van der Waals surface area contributed by atoms with Gasteiger partial charge in [-0.2, -0.15) is 5.10 Å². The van der Waals surface area contributed by atoms with Crippen molar-refractivity contribution < 1.29 is 0 Å². The summed E-state index contributed by atoms with van der Waals surface area (Å²) < 4.78 is 1.93. The quantitative estimate of drug-likeness (QED) is 0.902. The predicted octanol–water partition coefficient (Wildman–Crippen LogP) is 3.01. The van der Waals surface area contributed by atoms with Gasteiger partial charge >= 0.3 is 0 Å². The molecule has 0 aromatic carbocycles. The molecule has 0 aliphatic heterocycles. The van der Waals surface area contributed by atoms with Gasteiger partial charge in [0.2, 0.25) is 0 Å². The average molecular weight is 264 g/mol. The van der Waals surface area contributed by atoms with Crippen molar-refractivity contribution in [2.45, 2.75) is 40.3 Å². The smallest absolute Gasteiger partial charge is 0.127 e. The Balaban J connectivity index is 2.27. The van der Waals surface area contributed by atoms with Crippen LogP contribution in [0, 0.1) is 6.92 Å². The predicted molar refractivity (Wildman–Crippen MR) is 75.8 cm³/mol. The van der Waals surface area contributed by atoms with Gasteiger partial charge in [0.1, 0.15) is 5.01 Å². The van der Waals surface area contributed by atoms with Crippen molar-refractivity contribution in [3.8, 4) is 10.6 Å². The van der Waals surface area contributed by atoms with E-state index in [-0.39, 0.29) is 0 Å². The summed E-state index contributed by atoms with van der Waals surface area (Å²) in [4.78, 5) is 5.97. The topological polar surface area (TPSA) is 42.7 Å². The average Bonchev–Trinajstić information content (AvgIpc) is 2.95. The van der Waals surface area contributed by atoms with Crippen LogP contribution in [0.3, 0.4) is 0 Å². The van der Waals surface area contributed by atoms with Gasteiger partial charge in [-0.25, -0.2) is 4.98 Å². The number of aromatic nitrogens is 3. The third-order valence-corrected chi connectivity index (χ3v) is 4.33. The number of nitrogens with one attached hydrogen (secondary N) is 1. The lowest BCUT2D eigenvalue weighted by Gasteiger charge is -2.09. The zero-order valence-corrected chi connectivity index (χ0v) is 12.2. The molecule has 4 nitrogen and oxygen atoms in total. The van der Waals surface area contributed by atoms with Crippen LogP contribution in [0.2, 0.25) is 0 Å². The molecule has 0 radical (unpaired) electrons. The minimum absolute atomic E-state index is 0.363. The van der Waals surface area contributed by atoms with Crippen molar-refractivity contribution in [1.29, 1.82) is 0 Å². The number of hydrogen-bond acceptors (Lipinski definition) is 4. The number of aryl methyl sites for hydroxylation is 2. The van der Waals surface area contributed by atoms with Crippen LogP contribution in [0.25, 0.3) is 10.6 Å². The number of hydrogen-bond donors (Lipinski definition) is 1. The lowest BCUT2D eigenvalue weighted by atomic mass is 10.2. The van der Waals surface area contributed by atoms with Gasteiger partial charge in [-0.05, 0) is 27.3 Å².